The number of carbonyl (C=O) groups excluding carboxylic acids is 2. The van der Waals surface area contributed by atoms with Gasteiger partial charge in [-0.3, -0.25) is 9.59 Å². The molecule has 0 unspecified atom stereocenters. The monoisotopic (exact) mass is 278 g/mol. The van der Waals surface area contributed by atoms with Gasteiger partial charge < -0.3 is 10.6 Å². The molecule has 1 aromatic carbocycles. The predicted octanol–water partition coefficient (Wildman–Crippen LogP) is 2.01. The van der Waals surface area contributed by atoms with Gasteiger partial charge in [-0.2, -0.15) is 0 Å². The molecule has 1 aromatic rings. The lowest BCUT2D eigenvalue weighted by Crippen LogP contribution is -2.47. The summed E-state index contributed by atoms with van der Waals surface area (Å²) in [5.74, 6) is 0.237. The molecular weight excluding hydrogens is 260 g/mol. The summed E-state index contributed by atoms with van der Waals surface area (Å²) in [5, 5.41) is 5.05. The van der Waals surface area contributed by atoms with Crippen LogP contribution >= 0.6 is 11.8 Å². The van der Waals surface area contributed by atoms with Gasteiger partial charge >= 0.3 is 0 Å². The Morgan fingerprint density at radius 2 is 2.16 bits per heavy atom. The highest BCUT2D eigenvalue weighted by molar-refractivity contribution is 8.00. The third-order valence-electron chi connectivity index (χ3n) is 2.90. The standard InChI is InChI=1S/C14H18N2O2S/c1-9(2)7-8-15-13(18)14-16-12(17)10-5-3-4-6-11(10)19-14/h3-6,9,14H,7-8H2,1-2H3,(H,15,18)(H,16,17)/t14-/m1/s1. The highest BCUT2D eigenvalue weighted by Gasteiger charge is 2.29. The van der Waals surface area contributed by atoms with E-state index in [2.05, 4.69) is 24.5 Å². The van der Waals surface area contributed by atoms with Gasteiger partial charge in [-0.15, -0.1) is 0 Å². The van der Waals surface area contributed by atoms with Crippen molar-refractivity contribution in [2.45, 2.75) is 30.5 Å². The molecule has 1 heterocycles. The van der Waals surface area contributed by atoms with Gasteiger partial charge in [0, 0.05) is 11.4 Å². The number of thioether (sulfide) groups is 1. The summed E-state index contributed by atoms with van der Waals surface area (Å²) < 4.78 is 0. The van der Waals surface area contributed by atoms with Crippen LogP contribution in [0.15, 0.2) is 29.2 Å². The van der Waals surface area contributed by atoms with Gasteiger partial charge in [0.2, 0.25) is 0 Å². The van der Waals surface area contributed by atoms with Crippen LogP contribution in [-0.2, 0) is 4.79 Å². The molecule has 0 spiro atoms. The molecule has 2 amide bonds. The summed E-state index contributed by atoms with van der Waals surface area (Å²) in [6.45, 7) is 4.87. The molecule has 0 radical (unpaired) electrons. The highest BCUT2D eigenvalue weighted by Crippen LogP contribution is 2.30. The minimum absolute atomic E-state index is 0.131. The first-order valence-electron chi connectivity index (χ1n) is 6.42. The van der Waals surface area contributed by atoms with E-state index >= 15 is 0 Å². The molecule has 0 aromatic heterocycles. The second kappa shape index (κ2) is 6.10. The number of hydrogen-bond donors (Lipinski definition) is 2. The summed E-state index contributed by atoms with van der Waals surface area (Å²) in [6, 6.07) is 7.33. The van der Waals surface area contributed by atoms with Gasteiger partial charge in [0.05, 0.1) is 5.56 Å². The Bertz CT molecular complexity index is 488. The van der Waals surface area contributed by atoms with Gasteiger partial charge in [-0.1, -0.05) is 37.7 Å². The second-order valence-corrected chi connectivity index (χ2v) is 6.09. The van der Waals surface area contributed by atoms with Crippen LogP contribution in [0.1, 0.15) is 30.6 Å². The van der Waals surface area contributed by atoms with Gasteiger partial charge in [-0.05, 0) is 24.5 Å². The van der Waals surface area contributed by atoms with Crippen LogP contribution in [0.25, 0.3) is 0 Å². The highest BCUT2D eigenvalue weighted by atomic mass is 32.2. The zero-order valence-electron chi connectivity index (χ0n) is 11.1. The average molecular weight is 278 g/mol. The van der Waals surface area contributed by atoms with Crippen molar-refractivity contribution in [3.8, 4) is 0 Å². The number of hydrogen-bond acceptors (Lipinski definition) is 3. The van der Waals surface area contributed by atoms with Gasteiger partial charge in [-0.25, -0.2) is 0 Å². The normalized spacial score (nSPS) is 17.8. The van der Waals surface area contributed by atoms with Crippen LogP contribution in [0.5, 0.6) is 0 Å². The first-order valence-corrected chi connectivity index (χ1v) is 7.30. The van der Waals surface area contributed by atoms with Crippen molar-refractivity contribution < 1.29 is 9.59 Å². The van der Waals surface area contributed by atoms with Crippen LogP contribution in [0.4, 0.5) is 0 Å². The number of fused-ring (bicyclic) bond motifs is 1. The Morgan fingerprint density at radius 3 is 2.89 bits per heavy atom. The zero-order valence-corrected chi connectivity index (χ0v) is 11.9. The van der Waals surface area contributed by atoms with Crippen molar-refractivity contribution in [2.75, 3.05) is 6.54 Å². The smallest absolute Gasteiger partial charge is 0.253 e. The third kappa shape index (κ3) is 3.50. The van der Waals surface area contributed by atoms with E-state index in [1.807, 2.05) is 18.2 Å². The number of benzene rings is 1. The van der Waals surface area contributed by atoms with Crippen LogP contribution in [0, 0.1) is 5.92 Å². The molecule has 19 heavy (non-hydrogen) atoms. The molecule has 1 atom stereocenters. The molecular formula is C14H18N2O2S. The summed E-state index contributed by atoms with van der Waals surface area (Å²) in [6.07, 6.45) is 0.938. The van der Waals surface area contributed by atoms with E-state index in [1.54, 1.807) is 6.07 Å². The maximum absolute atomic E-state index is 12.0. The van der Waals surface area contributed by atoms with Gasteiger partial charge in [0.15, 0.2) is 5.37 Å². The van der Waals surface area contributed by atoms with E-state index in [0.29, 0.717) is 18.0 Å². The molecule has 0 saturated carbocycles. The fourth-order valence-corrected chi connectivity index (χ4v) is 2.86. The van der Waals surface area contributed by atoms with E-state index in [4.69, 9.17) is 0 Å². The zero-order chi connectivity index (χ0) is 13.8. The molecule has 4 nitrogen and oxygen atoms in total. The van der Waals surface area contributed by atoms with Crippen molar-refractivity contribution in [1.82, 2.24) is 10.6 Å². The number of nitrogens with one attached hydrogen (secondary N) is 2. The van der Waals surface area contributed by atoms with Gasteiger partial charge in [0.1, 0.15) is 0 Å². The van der Waals surface area contributed by atoms with Crippen LogP contribution in [-0.4, -0.2) is 23.7 Å². The third-order valence-corrected chi connectivity index (χ3v) is 4.08. The maximum atomic E-state index is 12.0. The van der Waals surface area contributed by atoms with Crippen molar-refractivity contribution in [3.63, 3.8) is 0 Å². The Hall–Kier alpha value is -1.49. The van der Waals surface area contributed by atoms with Crippen molar-refractivity contribution in [2.24, 2.45) is 5.92 Å². The van der Waals surface area contributed by atoms with E-state index in [1.165, 1.54) is 11.8 Å². The Balaban J connectivity index is 1.97. The average Bonchev–Trinajstić information content (AvgIpc) is 2.38. The van der Waals surface area contributed by atoms with Crippen molar-refractivity contribution in [3.05, 3.63) is 29.8 Å². The molecule has 5 heteroatoms. The number of carbonyl (C=O) groups is 2. The Kier molecular flexibility index (Phi) is 4.47. The van der Waals surface area contributed by atoms with Crippen molar-refractivity contribution >= 4 is 23.6 Å². The van der Waals surface area contributed by atoms with E-state index in [-0.39, 0.29) is 11.8 Å². The summed E-state index contributed by atoms with van der Waals surface area (Å²) in [7, 11) is 0. The lowest BCUT2D eigenvalue weighted by Gasteiger charge is -2.24. The Labute approximate surface area is 117 Å². The minimum Gasteiger partial charge on any atom is -0.354 e. The molecule has 0 fully saturated rings. The molecule has 0 bridgehead atoms. The number of rotatable bonds is 4. The molecule has 1 aliphatic heterocycles. The quantitative estimate of drug-likeness (QED) is 0.886. The summed E-state index contributed by atoms with van der Waals surface area (Å²) in [4.78, 5) is 24.7. The van der Waals surface area contributed by atoms with E-state index in [0.717, 1.165) is 11.3 Å². The molecule has 2 rings (SSSR count). The van der Waals surface area contributed by atoms with E-state index in [9.17, 15) is 9.59 Å². The topological polar surface area (TPSA) is 58.2 Å². The SMILES string of the molecule is CC(C)CCNC(=O)[C@@H]1NC(=O)c2ccccc2S1. The molecule has 1 aliphatic rings. The first-order chi connectivity index (χ1) is 9.08. The summed E-state index contributed by atoms with van der Waals surface area (Å²) >= 11 is 1.38. The van der Waals surface area contributed by atoms with Crippen molar-refractivity contribution in [1.29, 1.82) is 0 Å². The van der Waals surface area contributed by atoms with Crippen LogP contribution < -0.4 is 10.6 Å². The largest absolute Gasteiger partial charge is 0.354 e. The minimum atomic E-state index is -0.533. The first kappa shape index (κ1) is 13.9. The maximum Gasteiger partial charge on any atom is 0.253 e. The van der Waals surface area contributed by atoms with Crippen LogP contribution in [0.2, 0.25) is 0 Å². The molecule has 0 aliphatic carbocycles. The fraction of sp³-hybridized carbons (Fsp3) is 0.429. The fourth-order valence-electron chi connectivity index (χ4n) is 1.81. The lowest BCUT2D eigenvalue weighted by molar-refractivity contribution is -0.121. The summed E-state index contributed by atoms with van der Waals surface area (Å²) in [5.41, 5.74) is 0.638. The Morgan fingerprint density at radius 1 is 1.42 bits per heavy atom. The second-order valence-electron chi connectivity index (χ2n) is 4.94. The number of amides is 2. The predicted molar refractivity (Wildman–Crippen MR) is 76.0 cm³/mol. The molecule has 102 valence electrons. The van der Waals surface area contributed by atoms with Gasteiger partial charge in [0.25, 0.3) is 11.8 Å². The van der Waals surface area contributed by atoms with Crippen LogP contribution in [0.3, 0.4) is 0 Å². The molecule has 0 saturated heterocycles. The lowest BCUT2D eigenvalue weighted by atomic mass is 10.1. The molecule has 2 N–H and O–H groups in total. The van der Waals surface area contributed by atoms with E-state index < -0.39 is 5.37 Å².